The Morgan fingerprint density at radius 3 is 2.76 bits per heavy atom. The highest BCUT2D eigenvalue weighted by atomic mass is 35.5. The van der Waals surface area contributed by atoms with Crippen LogP contribution < -0.4 is 11.1 Å². The van der Waals surface area contributed by atoms with Crippen LogP contribution in [0.4, 0.5) is 5.69 Å². The van der Waals surface area contributed by atoms with Gasteiger partial charge in [-0.15, -0.1) is 0 Å². The molecule has 0 radical (unpaired) electrons. The van der Waals surface area contributed by atoms with Gasteiger partial charge in [-0.1, -0.05) is 23.8 Å². The van der Waals surface area contributed by atoms with Gasteiger partial charge in [-0.3, -0.25) is 0 Å². The predicted molar refractivity (Wildman–Crippen MR) is 74.8 cm³/mol. The fraction of sp³-hybridized carbons (Fsp3) is 0.417. The molecule has 17 heavy (non-hydrogen) atoms. The summed E-state index contributed by atoms with van der Waals surface area (Å²) in [6, 6.07) is 6.02. The van der Waals surface area contributed by atoms with Crippen molar-refractivity contribution in [1.29, 1.82) is 0 Å². The van der Waals surface area contributed by atoms with E-state index in [4.69, 9.17) is 34.3 Å². The number of hydrogen-bond donors (Lipinski definition) is 2. The minimum atomic E-state index is 0.363. The SMILES string of the molecule is COC1CC(Nc2ccc(C(N)=S)cc2Cl)C1. The Morgan fingerprint density at radius 1 is 1.53 bits per heavy atom. The van der Waals surface area contributed by atoms with Crippen LogP contribution in [0.2, 0.25) is 5.02 Å². The maximum Gasteiger partial charge on any atom is 0.104 e. The second-order valence-corrected chi connectivity index (χ2v) is 5.08. The highest BCUT2D eigenvalue weighted by Gasteiger charge is 2.29. The summed E-state index contributed by atoms with van der Waals surface area (Å²) >= 11 is 11.1. The Morgan fingerprint density at radius 2 is 2.24 bits per heavy atom. The van der Waals surface area contributed by atoms with Gasteiger partial charge < -0.3 is 15.8 Å². The Balaban J connectivity index is 2.00. The number of methoxy groups -OCH3 is 1. The summed E-state index contributed by atoms with van der Waals surface area (Å²) in [5.74, 6) is 0. The first-order valence-electron chi connectivity index (χ1n) is 5.49. The smallest absolute Gasteiger partial charge is 0.104 e. The lowest BCUT2D eigenvalue weighted by molar-refractivity contribution is 0.0329. The molecular weight excluding hydrogens is 256 g/mol. The van der Waals surface area contributed by atoms with Gasteiger partial charge in [0.2, 0.25) is 0 Å². The number of benzene rings is 1. The lowest BCUT2D eigenvalue weighted by Gasteiger charge is -2.35. The van der Waals surface area contributed by atoms with Gasteiger partial charge in [0.25, 0.3) is 0 Å². The van der Waals surface area contributed by atoms with Gasteiger partial charge in [0.15, 0.2) is 0 Å². The number of anilines is 1. The molecule has 0 bridgehead atoms. The van der Waals surface area contributed by atoms with E-state index in [0.29, 0.717) is 22.2 Å². The Hall–Kier alpha value is -0.840. The molecule has 2 rings (SSSR count). The fourth-order valence-electron chi connectivity index (χ4n) is 1.88. The number of rotatable bonds is 4. The maximum atomic E-state index is 6.16. The zero-order valence-electron chi connectivity index (χ0n) is 9.57. The minimum absolute atomic E-state index is 0.363. The average molecular weight is 271 g/mol. The average Bonchev–Trinajstić information content (AvgIpc) is 2.24. The quantitative estimate of drug-likeness (QED) is 0.826. The standard InChI is InChI=1S/C12H15ClN2OS/c1-16-9-5-8(6-9)15-11-3-2-7(12(14)17)4-10(11)13/h2-4,8-9,15H,5-6H2,1H3,(H2,14,17). The van der Waals surface area contributed by atoms with Crippen molar-refractivity contribution in [3.63, 3.8) is 0 Å². The van der Waals surface area contributed by atoms with Crippen molar-refractivity contribution >= 4 is 34.5 Å². The lowest BCUT2D eigenvalue weighted by Crippen LogP contribution is -2.40. The first-order chi connectivity index (χ1) is 8.10. The monoisotopic (exact) mass is 270 g/mol. The van der Waals surface area contributed by atoms with E-state index in [1.54, 1.807) is 13.2 Å². The summed E-state index contributed by atoms with van der Waals surface area (Å²) in [6.07, 6.45) is 2.41. The topological polar surface area (TPSA) is 47.3 Å². The Labute approximate surface area is 111 Å². The molecule has 3 N–H and O–H groups in total. The zero-order valence-corrected chi connectivity index (χ0v) is 11.1. The summed E-state index contributed by atoms with van der Waals surface area (Å²) in [7, 11) is 1.74. The molecule has 1 saturated carbocycles. The normalized spacial score (nSPS) is 22.9. The van der Waals surface area contributed by atoms with Gasteiger partial charge in [0.1, 0.15) is 4.99 Å². The summed E-state index contributed by atoms with van der Waals surface area (Å²) in [5, 5.41) is 4.03. The van der Waals surface area contributed by atoms with Crippen molar-refractivity contribution in [3.05, 3.63) is 28.8 Å². The molecular formula is C12H15ClN2OS. The van der Waals surface area contributed by atoms with Gasteiger partial charge >= 0.3 is 0 Å². The molecule has 1 aliphatic rings. The zero-order chi connectivity index (χ0) is 12.4. The fourth-order valence-corrected chi connectivity index (χ4v) is 2.24. The summed E-state index contributed by atoms with van der Waals surface area (Å²) in [6.45, 7) is 0. The number of hydrogen-bond acceptors (Lipinski definition) is 3. The van der Waals surface area contributed by atoms with E-state index in [1.165, 1.54) is 0 Å². The van der Waals surface area contributed by atoms with Gasteiger partial charge in [-0.25, -0.2) is 0 Å². The van der Waals surface area contributed by atoms with Gasteiger partial charge in [0, 0.05) is 18.7 Å². The summed E-state index contributed by atoms with van der Waals surface area (Å²) < 4.78 is 5.23. The predicted octanol–water partition coefficient (Wildman–Crippen LogP) is 2.56. The maximum absolute atomic E-state index is 6.16. The van der Waals surface area contributed by atoms with Crippen molar-refractivity contribution in [2.75, 3.05) is 12.4 Å². The van der Waals surface area contributed by atoms with Crippen molar-refractivity contribution in [1.82, 2.24) is 0 Å². The number of ether oxygens (including phenoxy) is 1. The van der Waals surface area contributed by atoms with Crippen molar-refractivity contribution in [2.24, 2.45) is 5.73 Å². The largest absolute Gasteiger partial charge is 0.389 e. The van der Waals surface area contributed by atoms with Crippen LogP contribution in [0.25, 0.3) is 0 Å². The summed E-state index contributed by atoms with van der Waals surface area (Å²) in [4.78, 5) is 0.363. The van der Waals surface area contributed by atoms with Crippen molar-refractivity contribution in [2.45, 2.75) is 25.0 Å². The van der Waals surface area contributed by atoms with Crippen LogP contribution >= 0.6 is 23.8 Å². The molecule has 0 saturated heterocycles. The Kier molecular flexibility index (Phi) is 3.86. The van der Waals surface area contributed by atoms with Crippen LogP contribution in [-0.2, 0) is 4.74 Å². The van der Waals surface area contributed by atoms with Crippen LogP contribution in [0.1, 0.15) is 18.4 Å². The summed E-state index contributed by atoms with van der Waals surface area (Å²) in [5.41, 5.74) is 7.26. The van der Waals surface area contributed by atoms with E-state index in [1.807, 2.05) is 12.1 Å². The molecule has 0 unspecified atom stereocenters. The van der Waals surface area contributed by atoms with Gasteiger partial charge in [0.05, 0.1) is 16.8 Å². The number of halogens is 1. The molecule has 0 aromatic heterocycles. The molecule has 1 fully saturated rings. The third-order valence-electron chi connectivity index (χ3n) is 3.04. The molecule has 1 aromatic rings. The van der Waals surface area contributed by atoms with Crippen molar-refractivity contribution < 1.29 is 4.74 Å². The molecule has 5 heteroatoms. The molecule has 0 heterocycles. The molecule has 3 nitrogen and oxygen atoms in total. The highest BCUT2D eigenvalue weighted by Crippen LogP contribution is 2.30. The van der Waals surface area contributed by atoms with E-state index in [2.05, 4.69) is 5.32 Å². The molecule has 1 aromatic carbocycles. The van der Waals surface area contributed by atoms with Crippen molar-refractivity contribution in [3.8, 4) is 0 Å². The molecule has 0 aliphatic heterocycles. The lowest BCUT2D eigenvalue weighted by atomic mass is 9.89. The van der Waals surface area contributed by atoms with Crippen LogP contribution in [0.3, 0.4) is 0 Å². The minimum Gasteiger partial charge on any atom is -0.389 e. The number of nitrogens with two attached hydrogens (primary N) is 1. The van der Waals surface area contributed by atoms with Gasteiger partial charge in [-0.2, -0.15) is 0 Å². The van der Waals surface area contributed by atoms with Crippen LogP contribution in [0, 0.1) is 0 Å². The van der Waals surface area contributed by atoms with Crippen LogP contribution in [0.5, 0.6) is 0 Å². The van der Waals surface area contributed by atoms with Crippen LogP contribution in [-0.4, -0.2) is 24.2 Å². The third kappa shape index (κ3) is 2.89. The third-order valence-corrected chi connectivity index (χ3v) is 3.59. The molecule has 0 spiro atoms. The Bertz CT molecular complexity index is 433. The first-order valence-corrected chi connectivity index (χ1v) is 6.27. The second kappa shape index (κ2) is 5.21. The molecule has 0 amide bonds. The van der Waals surface area contributed by atoms with E-state index in [9.17, 15) is 0 Å². The molecule has 1 aliphatic carbocycles. The van der Waals surface area contributed by atoms with Gasteiger partial charge in [-0.05, 0) is 31.0 Å². The van der Waals surface area contributed by atoms with E-state index >= 15 is 0 Å². The number of thiocarbonyl (C=S) groups is 1. The first kappa shape index (κ1) is 12.6. The second-order valence-electron chi connectivity index (χ2n) is 4.23. The van der Waals surface area contributed by atoms with E-state index in [-0.39, 0.29) is 0 Å². The number of nitrogens with one attached hydrogen (secondary N) is 1. The highest BCUT2D eigenvalue weighted by molar-refractivity contribution is 7.80. The van der Waals surface area contributed by atoms with E-state index in [0.717, 1.165) is 24.1 Å². The molecule has 92 valence electrons. The van der Waals surface area contributed by atoms with E-state index < -0.39 is 0 Å². The van der Waals surface area contributed by atoms with Crippen LogP contribution in [0.15, 0.2) is 18.2 Å². The molecule has 0 atom stereocenters.